The van der Waals surface area contributed by atoms with Crippen LogP contribution < -0.4 is 5.32 Å². The van der Waals surface area contributed by atoms with Crippen molar-refractivity contribution >= 4 is 0 Å². The maximum Gasteiger partial charge on any atom is 0.406 e. The molecule has 0 bridgehead atoms. The second-order valence-corrected chi connectivity index (χ2v) is 6.85. The number of halogens is 3. The average Bonchev–Trinajstić information content (AvgIpc) is 3.18. The lowest BCUT2D eigenvalue weighted by molar-refractivity contribution is -0.209. The Balaban J connectivity index is 1.81. The van der Waals surface area contributed by atoms with Gasteiger partial charge in [0.25, 0.3) is 0 Å². The molecule has 2 saturated carbocycles. The lowest BCUT2D eigenvalue weighted by atomic mass is 9.94. The van der Waals surface area contributed by atoms with E-state index in [0.717, 1.165) is 0 Å². The molecule has 0 aromatic carbocycles. The first kappa shape index (κ1) is 13.7. The third-order valence-electron chi connectivity index (χ3n) is 5.14. The van der Waals surface area contributed by atoms with E-state index in [1.54, 1.807) is 4.90 Å². The van der Waals surface area contributed by atoms with E-state index in [9.17, 15) is 13.2 Å². The van der Waals surface area contributed by atoms with Crippen LogP contribution in [-0.4, -0.2) is 41.8 Å². The first-order valence-corrected chi connectivity index (χ1v) is 7.42. The van der Waals surface area contributed by atoms with Crippen LogP contribution in [0.25, 0.3) is 0 Å². The summed E-state index contributed by atoms with van der Waals surface area (Å²) in [5, 5.41) is 3.48. The molecule has 3 aliphatic rings. The highest BCUT2D eigenvalue weighted by molar-refractivity contribution is 5.13. The van der Waals surface area contributed by atoms with Crippen LogP contribution in [0.3, 0.4) is 0 Å². The summed E-state index contributed by atoms with van der Waals surface area (Å²) in [5.74, 6) is 0.868. The third-order valence-corrected chi connectivity index (χ3v) is 5.14. The van der Waals surface area contributed by atoms with Crippen LogP contribution in [0.5, 0.6) is 0 Å². The lowest BCUT2D eigenvalue weighted by Crippen LogP contribution is -2.65. The van der Waals surface area contributed by atoms with Crippen molar-refractivity contribution in [2.45, 2.75) is 63.3 Å². The SMILES string of the molecule is CC(C)C1CNC(C2CC2)CN1C1(C(F)(F)F)CC1. The highest BCUT2D eigenvalue weighted by atomic mass is 19.4. The van der Waals surface area contributed by atoms with E-state index in [2.05, 4.69) is 5.32 Å². The minimum Gasteiger partial charge on any atom is -0.311 e. The van der Waals surface area contributed by atoms with Crippen LogP contribution in [0.2, 0.25) is 0 Å². The largest absolute Gasteiger partial charge is 0.406 e. The Bertz CT molecular complexity index is 345. The van der Waals surface area contributed by atoms with Gasteiger partial charge in [-0.25, -0.2) is 0 Å². The summed E-state index contributed by atoms with van der Waals surface area (Å²) >= 11 is 0. The minimum atomic E-state index is -4.08. The Kier molecular flexibility index (Phi) is 3.13. The van der Waals surface area contributed by atoms with Crippen LogP contribution >= 0.6 is 0 Å². The smallest absolute Gasteiger partial charge is 0.311 e. The number of hydrogen-bond donors (Lipinski definition) is 1. The number of piperazine rings is 1. The predicted octanol–water partition coefficient (Wildman–Crippen LogP) is 2.79. The molecule has 2 aliphatic carbocycles. The molecular formula is C14H23F3N2. The molecule has 0 amide bonds. The Morgan fingerprint density at radius 3 is 2.26 bits per heavy atom. The monoisotopic (exact) mass is 276 g/mol. The molecule has 1 heterocycles. The highest BCUT2D eigenvalue weighted by Crippen LogP contribution is 2.55. The molecular weight excluding hydrogens is 253 g/mol. The molecule has 2 atom stereocenters. The van der Waals surface area contributed by atoms with E-state index in [1.165, 1.54) is 12.8 Å². The number of alkyl halides is 3. The number of nitrogens with one attached hydrogen (secondary N) is 1. The van der Waals surface area contributed by atoms with Gasteiger partial charge < -0.3 is 5.32 Å². The number of hydrogen-bond acceptors (Lipinski definition) is 2. The van der Waals surface area contributed by atoms with Gasteiger partial charge in [-0.05, 0) is 37.5 Å². The molecule has 2 nitrogen and oxygen atoms in total. The van der Waals surface area contributed by atoms with Crippen molar-refractivity contribution in [1.29, 1.82) is 0 Å². The van der Waals surface area contributed by atoms with Crippen LogP contribution in [-0.2, 0) is 0 Å². The van der Waals surface area contributed by atoms with Gasteiger partial charge in [-0.3, -0.25) is 4.90 Å². The van der Waals surface area contributed by atoms with E-state index >= 15 is 0 Å². The Morgan fingerprint density at radius 1 is 1.21 bits per heavy atom. The van der Waals surface area contributed by atoms with E-state index in [4.69, 9.17) is 0 Å². The van der Waals surface area contributed by atoms with Crippen molar-refractivity contribution in [1.82, 2.24) is 10.2 Å². The topological polar surface area (TPSA) is 15.3 Å². The van der Waals surface area contributed by atoms with E-state index in [-0.39, 0.29) is 30.8 Å². The quantitative estimate of drug-likeness (QED) is 0.852. The number of nitrogens with zero attached hydrogens (tertiary/aromatic N) is 1. The molecule has 0 spiro atoms. The van der Waals surface area contributed by atoms with Crippen molar-refractivity contribution in [3.8, 4) is 0 Å². The molecule has 5 heteroatoms. The summed E-state index contributed by atoms with van der Waals surface area (Å²) in [7, 11) is 0. The molecule has 1 saturated heterocycles. The zero-order valence-electron chi connectivity index (χ0n) is 11.6. The second kappa shape index (κ2) is 4.35. The van der Waals surface area contributed by atoms with Gasteiger partial charge in [0.05, 0.1) is 0 Å². The van der Waals surface area contributed by atoms with Gasteiger partial charge >= 0.3 is 6.18 Å². The van der Waals surface area contributed by atoms with Gasteiger partial charge in [0.1, 0.15) is 5.54 Å². The Morgan fingerprint density at radius 2 is 1.84 bits per heavy atom. The summed E-state index contributed by atoms with van der Waals surface area (Å²) < 4.78 is 40.2. The molecule has 2 unspecified atom stereocenters. The van der Waals surface area contributed by atoms with Gasteiger partial charge in [-0.1, -0.05) is 13.8 Å². The Hall–Kier alpha value is -0.290. The summed E-state index contributed by atoms with van der Waals surface area (Å²) in [6.45, 7) is 5.34. The molecule has 1 N–H and O–H groups in total. The predicted molar refractivity (Wildman–Crippen MR) is 67.9 cm³/mol. The molecule has 3 fully saturated rings. The molecule has 0 radical (unpaired) electrons. The van der Waals surface area contributed by atoms with Gasteiger partial charge in [0, 0.05) is 25.2 Å². The molecule has 19 heavy (non-hydrogen) atoms. The lowest BCUT2D eigenvalue weighted by Gasteiger charge is -2.47. The third kappa shape index (κ3) is 2.29. The fourth-order valence-electron chi connectivity index (χ4n) is 3.55. The first-order chi connectivity index (χ1) is 8.85. The molecule has 0 aromatic heterocycles. The number of rotatable bonds is 3. The van der Waals surface area contributed by atoms with Crippen molar-refractivity contribution in [3.05, 3.63) is 0 Å². The summed E-state index contributed by atoms with van der Waals surface area (Å²) in [5.41, 5.74) is -1.50. The zero-order chi connectivity index (χ0) is 13.8. The summed E-state index contributed by atoms with van der Waals surface area (Å²) in [6.07, 6.45) is -1.15. The van der Waals surface area contributed by atoms with Crippen LogP contribution in [0, 0.1) is 11.8 Å². The van der Waals surface area contributed by atoms with E-state index in [0.29, 0.717) is 19.0 Å². The summed E-state index contributed by atoms with van der Waals surface area (Å²) in [4.78, 5) is 1.80. The van der Waals surface area contributed by atoms with E-state index in [1.807, 2.05) is 13.8 Å². The van der Waals surface area contributed by atoms with Gasteiger partial charge in [0.15, 0.2) is 0 Å². The standard InChI is InChI=1S/C14H23F3N2/c1-9(2)12-7-18-11(10-3-4-10)8-19(12)13(5-6-13)14(15,16)17/h9-12,18H,3-8H2,1-2H3. The fourth-order valence-corrected chi connectivity index (χ4v) is 3.55. The maximum atomic E-state index is 13.4. The average molecular weight is 276 g/mol. The van der Waals surface area contributed by atoms with Gasteiger partial charge in [-0.15, -0.1) is 0 Å². The van der Waals surface area contributed by atoms with Crippen molar-refractivity contribution in [2.75, 3.05) is 13.1 Å². The van der Waals surface area contributed by atoms with Gasteiger partial charge in [0.2, 0.25) is 0 Å². The minimum absolute atomic E-state index is 0.0131. The first-order valence-electron chi connectivity index (χ1n) is 7.42. The molecule has 110 valence electrons. The van der Waals surface area contributed by atoms with Crippen molar-refractivity contribution in [2.24, 2.45) is 11.8 Å². The summed E-state index contributed by atoms with van der Waals surface area (Å²) in [6, 6.07) is 0.286. The van der Waals surface area contributed by atoms with Crippen LogP contribution in [0.1, 0.15) is 39.5 Å². The molecule has 1 aliphatic heterocycles. The fraction of sp³-hybridized carbons (Fsp3) is 1.00. The highest BCUT2D eigenvalue weighted by Gasteiger charge is 2.68. The Labute approximate surface area is 112 Å². The molecule has 3 rings (SSSR count). The maximum absolute atomic E-state index is 13.4. The van der Waals surface area contributed by atoms with Crippen molar-refractivity contribution < 1.29 is 13.2 Å². The van der Waals surface area contributed by atoms with Crippen molar-refractivity contribution in [3.63, 3.8) is 0 Å². The van der Waals surface area contributed by atoms with Crippen LogP contribution in [0.15, 0.2) is 0 Å². The van der Waals surface area contributed by atoms with Crippen LogP contribution in [0.4, 0.5) is 13.2 Å². The zero-order valence-corrected chi connectivity index (χ0v) is 11.6. The second-order valence-electron chi connectivity index (χ2n) is 6.85. The van der Waals surface area contributed by atoms with E-state index < -0.39 is 11.7 Å². The molecule has 0 aromatic rings. The normalized spacial score (nSPS) is 35.7. The van der Waals surface area contributed by atoms with Gasteiger partial charge in [-0.2, -0.15) is 13.2 Å².